The average Bonchev–Trinajstić information content (AvgIpc) is 2.29. The number of nitrogens with one attached hydrogen (secondary N) is 1. The number of nitrogens with zero attached hydrogens (tertiary/aromatic N) is 1. The van der Waals surface area contributed by atoms with Gasteiger partial charge < -0.3 is 14.6 Å². The fraction of sp³-hybridized carbons (Fsp3) is 0.615. The summed E-state index contributed by atoms with van der Waals surface area (Å²) in [5.41, 5.74) is 1.04. The van der Waals surface area contributed by atoms with Gasteiger partial charge in [-0.15, -0.1) is 0 Å². The highest BCUT2D eigenvalue weighted by Gasteiger charge is 2.08. The molecule has 1 atom stereocenters. The Kier molecular flexibility index (Phi) is 5.94. The van der Waals surface area contributed by atoms with Crippen molar-refractivity contribution in [3.8, 4) is 0 Å². The van der Waals surface area contributed by atoms with Crippen LogP contribution in [-0.2, 0) is 11.3 Å². The minimum Gasteiger partial charge on any atom is -0.383 e. The number of pyridine rings is 1. The molecule has 96 valence electrons. The van der Waals surface area contributed by atoms with E-state index >= 15 is 0 Å². The van der Waals surface area contributed by atoms with Crippen molar-refractivity contribution < 1.29 is 4.74 Å². The smallest absolute Gasteiger partial charge is 0.250 e. The first-order valence-corrected chi connectivity index (χ1v) is 6.06. The molecular weight excluding hydrogens is 216 g/mol. The number of ether oxygens (including phenoxy) is 1. The quantitative estimate of drug-likeness (QED) is 0.775. The second kappa shape index (κ2) is 7.25. The molecule has 1 aromatic rings. The molecule has 1 N–H and O–H groups in total. The molecule has 0 fully saturated rings. The highest BCUT2D eigenvalue weighted by Crippen LogP contribution is 1.95. The zero-order valence-electron chi connectivity index (χ0n) is 10.9. The molecular formula is C13H22N2O2. The minimum atomic E-state index is 0.0457. The molecule has 0 saturated carbocycles. The Labute approximate surface area is 103 Å². The van der Waals surface area contributed by atoms with Crippen molar-refractivity contribution in [1.82, 2.24) is 9.88 Å². The van der Waals surface area contributed by atoms with Crippen LogP contribution in [-0.4, -0.2) is 30.9 Å². The topological polar surface area (TPSA) is 43.3 Å². The largest absolute Gasteiger partial charge is 0.383 e. The van der Waals surface area contributed by atoms with Crippen molar-refractivity contribution in [2.45, 2.75) is 32.9 Å². The molecule has 1 heterocycles. The highest BCUT2D eigenvalue weighted by atomic mass is 16.5. The predicted molar refractivity (Wildman–Crippen MR) is 69.4 cm³/mol. The van der Waals surface area contributed by atoms with Crippen LogP contribution in [0.5, 0.6) is 0 Å². The van der Waals surface area contributed by atoms with Crippen LogP contribution in [0.1, 0.15) is 18.9 Å². The van der Waals surface area contributed by atoms with E-state index in [0.717, 1.165) is 18.5 Å². The summed E-state index contributed by atoms with van der Waals surface area (Å²) >= 11 is 0. The van der Waals surface area contributed by atoms with Crippen LogP contribution < -0.4 is 10.9 Å². The van der Waals surface area contributed by atoms with Crippen LogP contribution in [0.4, 0.5) is 0 Å². The van der Waals surface area contributed by atoms with Crippen LogP contribution in [0.15, 0.2) is 23.1 Å². The Morgan fingerprint density at radius 1 is 1.53 bits per heavy atom. The third-order valence-corrected chi connectivity index (χ3v) is 2.62. The second-order valence-corrected chi connectivity index (χ2v) is 4.30. The normalized spacial score (nSPS) is 12.6. The molecule has 1 unspecified atom stereocenters. The second-order valence-electron chi connectivity index (χ2n) is 4.30. The van der Waals surface area contributed by atoms with Crippen LogP contribution in [0.25, 0.3) is 0 Å². The standard InChI is InChI=1S/C13H22N2O2/c1-4-6-14-12(10-17-3)9-15-7-5-11(2)8-13(15)16/h5,7-8,12,14H,4,6,9-10H2,1-3H3. The Morgan fingerprint density at radius 3 is 2.88 bits per heavy atom. The van der Waals surface area contributed by atoms with Crippen molar-refractivity contribution in [3.63, 3.8) is 0 Å². The summed E-state index contributed by atoms with van der Waals surface area (Å²) < 4.78 is 6.88. The highest BCUT2D eigenvalue weighted by molar-refractivity contribution is 5.08. The van der Waals surface area contributed by atoms with Gasteiger partial charge in [0.25, 0.3) is 5.56 Å². The molecule has 0 spiro atoms. The summed E-state index contributed by atoms with van der Waals surface area (Å²) in [5.74, 6) is 0. The third-order valence-electron chi connectivity index (χ3n) is 2.62. The van der Waals surface area contributed by atoms with Gasteiger partial charge in [-0.3, -0.25) is 4.79 Å². The Hall–Kier alpha value is -1.13. The summed E-state index contributed by atoms with van der Waals surface area (Å²) in [4.78, 5) is 11.7. The number of rotatable bonds is 7. The predicted octanol–water partition coefficient (Wildman–Crippen LogP) is 1.17. The number of methoxy groups -OCH3 is 1. The third kappa shape index (κ3) is 4.71. The van der Waals surface area contributed by atoms with Crippen LogP contribution in [0, 0.1) is 6.92 Å². The number of aryl methyl sites for hydroxylation is 1. The molecule has 0 aliphatic heterocycles. The van der Waals surface area contributed by atoms with Gasteiger partial charge in [0, 0.05) is 32.0 Å². The van der Waals surface area contributed by atoms with Crippen LogP contribution >= 0.6 is 0 Å². The molecule has 4 heteroatoms. The molecule has 0 bridgehead atoms. The number of hydrogen-bond acceptors (Lipinski definition) is 3. The first-order valence-electron chi connectivity index (χ1n) is 6.06. The van der Waals surface area contributed by atoms with E-state index in [2.05, 4.69) is 12.2 Å². The Balaban J connectivity index is 2.67. The lowest BCUT2D eigenvalue weighted by molar-refractivity contribution is 0.158. The molecule has 0 radical (unpaired) electrons. The first-order chi connectivity index (χ1) is 8.17. The average molecular weight is 238 g/mol. The Morgan fingerprint density at radius 2 is 2.29 bits per heavy atom. The lowest BCUT2D eigenvalue weighted by Gasteiger charge is -2.18. The SMILES string of the molecule is CCCNC(COC)Cn1ccc(C)cc1=O. The van der Waals surface area contributed by atoms with Gasteiger partial charge in [-0.2, -0.15) is 0 Å². The van der Waals surface area contributed by atoms with Crippen molar-refractivity contribution >= 4 is 0 Å². The van der Waals surface area contributed by atoms with Gasteiger partial charge in [-0.1, -0.05) is 6.92 Å². The van der Waals surface area contributed by atoms with E-state index < -0.39 is 0 Å². The van der Waals surface area contributed by atoms with Gasteiger partial charge >= 0.3 is 0 Å². The molecule has 0 saturated heterocycles. The van der Waals surface area contributed by atoms with Gasteiger partial charge in [0.15, 0.2) is 0 Å². The van der Waals surface area contributed by atoms with Gasteiger partial charge in [0.2, 0.25) is 0 Å². The van der Waals surface area contributed by atoms with Crippen LogP contribution in [0.3, 0.4) is 0 Å². The van der Waals surface area contributed by atoms with Crippen molar-refractivity contribution in [2.75, 3.05) is 20.3 Å². The van der Waals surface area contributed by atoms with Gasteiger partial charge in [0.1, 0.15) is 0 Å². The maximum atomic E-state index is 11.7. The van der Waals surface area contributed by atoms with E-state index in [9.17, 15) is 4.79 Å². The maximum absolute atomic E-state index is 11.7. The van der Waals surface area contributed by atoms with E-state index in [1.54, 1.807) is 17.7 Å². The zero-order valence-corrected chi connectivity index (χ0v) is 10.9. The molecule has 1 aromatic heterocycles. The molecule has 1 rings (SSSR count). The van der Waals surface area contributed by atoms with Crippen molar-refractivity contribution in [3.05, 3.63) is 34.2 Å². The van der Waals surface area contributed by atoms with Crippen molar-refractivity contribution in [1.29, 1.82) is 0 Å². The number of hydrogen-bond donors (Lipinski definition) is 1. The molecule has 0 aliphatic carbocycles. The molecule has 0 aliphatic rings. The monoisotopic (exact) mass is 238 g/mol. The Bertz CT molecular complexity index is 387. The summed E-state index contributed by atoms with van der Waals surface area (Å²) in [6, 6.07) is 3.79. The lowest BCUT2D eigenvalue weighted by atomic mass is 10.2. The summed E-state index contributed by atoms with van der Waals surface area (Å²) in [7, 11) is 1.68. The summed E-state index contributed by atoms with van der Waals surface area (Å²) in [6.45, 7) is 6.24. The fourth-order valence-corrected chi connectivity index (χ4v) is 1.72. The summed E-state index contributed by atoms with van der Waals surface area (Å²) in [6.07, 6.45) is 2.91. The van der Waals surface area contributed by atoms with E-state index in [0.29, 0.717) is 13.2 Å². The van der Waals surface area contributed by atoms with E-state index in [4.69, 9.17) is 4.74 Å². The van der Waals surface area contributed by atoms with E-state index in [1.807, 2.05) is 19.2 Å². The molecule has 4 nitrogen and oxygen atoms in total. The maximum Gasteiger partial charge on any atom is 0.250 e. The molecule has 0 aromatic carbocycles. The molecule has 17 heavy (non-hydrogen) atoms. The van der Waals surface area contributed by atoms with E-state index in [-0.39, 0.29) is 11.6 Å². The first kappa shape index (κ1) is 13.9. The van der Waals surface area contributed by atoms with Gasteiger partial charge in [-0.05, 0) is 31.5 Å². The van der Waals surface area contributed by atoms with Crippen LogP contribution in [0.2, 0.25) is 0 Å². The summed E-state index contributed by atoms with van der Waals surface area (Å²) in [5, 5.41) is 3.38. The van der Waals surface area contributed by atoms with E-state index in [1.165, 1.54) is 0 Å². The van der Waals surface area contributed by atoms with Gasteiger partial charge in [-0.25, -0.2) is 0 Å². The zero-order chi connectivity index (χ0) is 12.7. The van der Waals surface area contributed by atoms with Crippen molar-refractivity contribution in [2.24, 2.45) is 0 Å². The molecule has 0 amide bonds. The minimum absolute atomic E-state index is 0.0457. The number of aromatic nitrogens is 1. The van der Waals surface area contributed by atoms with Gasteiger partial charge in [0.05, 0.1) is 6.61 Å². The lowest BCUT2D eigenvalue weighted by Crippen LogP contribution is -2.39. The fourth-order valence-electron chi connectivity index (χ4n) is 1.72.